The minimum Gasteiger partial charge on any atom is -0.355 e. The molecule has 0 saturated heterocycles. The lowest BCUT2D eigenvalue weighted by molar-refractivity contribution is 0.904. The lowest BCUT2D eigenvalue weighted by Crippen LogP contribution is -2.18. The molecule has 0 spiro atoms. The van der Waals surface area contributed by atoms with Crippen LogP contribution in [0.25, 0.3) is 10.8 Å². The van der Waals surface area contributed by atoms with Crippen LogP contribution < -0.4 is 4.90 Å². The van der Waals surface area contributed by atoms with Crippen molar-refractivity contribution in [2.45, 2.75) is 19.9 Å². The number of nitrogens with zero attached hydrogens (tertiary/aromatic N) is 2. The number of fused-ring (bicyclic) bond motifs is 1. The molecular weight excluding hydrogens is 336 g/mol. The van der Waals surface area contributed by atoms with Crippen LogP contribution in [0.3, 0.4) is 0 Å². The zero-order valence-corrected chi connectivity index (χ0v) is 14.5. The van der Waals surface area contributed by atoms with E-state index in [4.69, 9.17) is 0 Å². The van der Waals surface area contributed by atoms with Gasteiger partial charge in [-0.05, 0) is 39.5 Å². The van der Waals surface area contributed by atoms with E-state index in [9.17, 15) is 0 Å². The van der Waals surface area contributed by atoms with Gasteiger partial charge < -0.3 is 4.90 Å². The molecule has 22 heavy (non-hydrogen) atoms. The summed E-state index contributed by atoms with van der Waals surface area (Å²) in [6, 6.07) is 17.1. The summed E-state index contributed by atoms with van der Waals surface area (Å²) in [6.45, 7) is 3.03. The summed E-state index contributed by atoms with van der Waals surface area (Å²) >= 11 is 3.61. The Morgan fingerprint density at radius 2 is 1.77 bits per heavy atom. The maximum absolute atomic E-state index is 4.66. The van der Waals surface area contributed by atoms with Crippen LogP contribution in [-0.2, 0) is 13.0 Å². The highest BCUT2D eigenvalue weighted by Gasteiger charge is 2.11. The highest BCUT2D eigenvalue weighted by Crippen LogP contribution is 2.31. The number of aromatic nitrogens is 1. The van der Waals surface area contributed by atoms with Crippen LogP contribution >= 0.6 is 15.9 Å². The maximum atomic E-state index is 4.66. The van der Waals surface area contributed by atoms with Gasteiger partial charge in [0.05, 0.1) is 0 Å². The minimum atomic E-state index is 0.848. The average molecular weight is 355 g/mol. The minimum absolute atomic E-state index is 0.848. The Kier molecular flexibility index (Phi) is 4.44. The van der Waals surface area contributed by atoms with Gasteiger partial charge in [-0.3, -0.25) is 0 Å². The number of benzene rings is 2. The molecule has 0 aliphatic rings. The van der Waals surface area contributed by atoms with Gasteiger partial charge in [-0.25, -0.2) is 4.98 Å². The highest BCUT2D eigenvalue weighted by atomic mass is 79.9. The largest absolute Gasteiger partial charge is 0.355 e. The van der Waals surface area contributed by atoms with Crippen LogP contribution in [0.5, 0.6) is 0 Å². The molecule has 3 rings (SSSR count). The average Bonchev–Trinajstić information content (AvgIpc) is 2.55. The molecule has 0 aliphatic heterocycles. The number of pyridine rings is 1. The first kappa shape index (κ1) is 15.0. The maximum Gasteiger partial charge on any atom is 0.136 e. The molecule has 0 atom stereocenters. The Hall–Kier alpha value is -1.87. The third-order valence-electron chi connectivity index (χ3n) is 3.91. The summed E-state index contributed by atoms with van der Waals surface area (Å²) < 4.78 is 1.04. The van der Waals surface area contributed by atoms with Crippen molar-refractivity contribution in [1.82, 2.24) is 4.98 Å². The zero-order chi connectivity index (χ0) is 15.5. The molecule has 2 nitrogen and oxygen atoms in total. The summed E-state index contributed by atoms with van der Waals surface area (Å²) in [4.78, 5) is 6.87. The van der Waals surface area contributed by atoms with Crippen LogP contribution in [0.15, 0.2) is 59.2 Å². The lowest BCUT2D eigenvalue weighted by Gasteiger charge is -2.21. The van der Waals surface area contributed by atoms with Crippen molar-refractivity contribution in [1.29, 1.82) is 0 Å². The number of halogens is 1. The van der Waals surface area contributed by atoms with Gasteiger partial charge in [0, 0.05) is 35.0 Å². The fourth-order valence-electron chi connectivity index (χ4n) is 2.70. The summed E-state index contributed by atoms with van der Waals surface area (Å²) in [5, 5.41) is 2.41. The summed E-state index contributed by atoms with van der Waals surface area (Å²) in [6.07, 6.45) is 2.93. The van der Waals surface area contributed by atoms with Crippen LogP contribution in [0, 0.1) is 0 Å². The van der Waals surface area contributed by atoms with Crippen LogP contribution in [0.1, 0.15) is 18.1 Å². The Morgan fingerprint density at radius 1 is 1.00 bits per heavy atom. The van der Waals surface area contributed by atoms with E-state index in [1.54, 1.807) is 0 Å². The topological polar surface area (TPSA) is 16.1 Å². The standard InChI is InChI=1S/C19H19BrN2/c1-3-14-9-10-16-17(11-14)19(21-12-18(16)20)22(2)13-15-7-5-4-6-8-15/h4-12H,3,13H2,1-2H3. The first-order chi connectivity index (χ1) is 10.7. The van der Waals surface area contributed by atoms with E-state index >= 15 is 0 Å². The lowest BCUT2D eigenvalue weighted by atomic mass is 10.1. The molecule has 0 saturated carbocycles. The Morgan fingerprint density at radius 3 is 2.50 bits per heavy atom. The number of hydrogen-bond acceptors (Lipinski definition) is 2. The van der Waals surface area contributed by atoms with Crippen molar-refractivity contribution in [3.8, 4) is 0 Å². The smallest absolute Gasteiger partial charge is 0.136 e. The zero-order valence-electron chi connectivity index (χ0n) is 12.9. The van der Waals surface area contributed by atoms with Gasteiger partial charge in [0.15, 0.2) is 0 Å². The number of hydrogen-bond donors (Lipinski definition) is 0. The van der Waals surface area contributed by atoms with Crippen molar-refractivity contribution in [2.24, 2.45) is 0 Å². The van der Waals surface area contributed by atoms with Crippen molar-refractivity contribution in [3.05, 3.63) is 70.3 Å². The van der Waals surface area contributed by atoms with Gasteiger partial charge >= 0.3 is 0 Å². The third kappa shape index (κ3) is 3.00. The monoisotopic (exact) mass is 354 g/mol. The molecule has 3 aromatic rings. The van der Waals surface area contributed by atoms with E-state index in [2.05, 4.69) is 82.2 Å². The van der Waals surface area contributed by atoms with Crippen molar-refractivity contribution in [3.63, 3.8) is 0 Å². The molecule has 112 valence electrons. The first-order valence-corrected chi connectivity index (χ1v) is 8.30. The molecule has 0 unspecified atom stereocenters. The normalized spacial score (nSPS) is 10.9. The second kappa shape index (κ2) is 6.49. The fraction of sp³-hybridized carbons (Fsp3) is 0.211. The second-order valence-corrected chi connectivity index (χ2v) is 6.36. The van der Waals surface area contributed by atoms with E-state index in [-0.39, 0.29) is 0 Å². The van der Waals surface area contributed by atoms with Crippen LogP contribution in [0.2, 0.25) is 0 Å². The fourth-order valence-corrected chi connectivity index (χ4v) is 3.15. The van der Waals surface area contributed by atoms with E-state index in [1.807, 2.05) is 12.3 Å². The number of rotatable bonds is 4. The molecule has 0 radical (unpaired) electrons. The predicted octanol–water partition coefficient (Wildman–Crippen LogP) is 5.20. The quantitative estimate of drug-likeness (QED) is 0.640. The Balaban J connectivity index is 2.04. The number of anilines is 1. The van der Waals surface area contributed by atoms with Crippen LogP contribution in [-0.4, -0.2) is 12.0 Å². The van der Waals surface area contributed by atoms with E-state index in [0.717, 1.165) is 23.3 Å². The Bertz CT molecular complexity index is 784. The molecule has 2 aromatic carbocycles. The number of aryl methyl sites for hydroxylation is 1. The Labute approximate surface area is 139 Å². The van der Waals surface area contributed by atoms with Gasteiger partial charge in [-0.1, -0.05) is 49.4 Å². The van der Waals surface area contributed by atoms with Gasteiger partial charge in [0.2, 0.25) is 0 Å². The molecule has 3 heteroatoms. The van der Waals surface area contributed by atoms with Crippen molar-refractivity contribution < 1.29 is 0 Å². The molecule has 0 fully saturated rings. The molecular formula is C19H19BrN2. The SMILES string of the molecule is CCc1ccc2c(Br)cnc(N(C)Cc3ccccc3)c2c1. The van der Waals surface area contributed by atoms with Gasteiger partial charge in [-0.2, -0.15) is 0 Å². The van der Waals surface area contributed by atoms with Gasteiger partial charge in [0.1, 0.15) is 5.82 Å². The molecule has 0 N–H and O–H groups in total. The van der Waals surface area contributed by atoms with E-state index in [0.29, 0.717) is 0 Å². The van der Waals surface area contributed by atoms with Crippen molar-refractivity contribution >= 4 is 32.5 Å². The molecule has 1 heterocycles. The highest BCUT2D eigenvalue weighted by molar-refractivity contribution is 9.10. The molecule has 0 amide bonds. The van der Waals surface area contributed by atoms with Crippen LogP contribution in [0.4, 0.5) is 5.82 Å². The van der Waals surface area contributed by atoms with Gasteiger partial charge in [0.25, 0.3) is 0 Å². The molecule has 0 bridgehead atoms. The molecule has 0 aliphatic carbocycles. The third-order valence-corrected chi connectivity index (χ3v) is 4.55. The van der Waals surface area contributed by atoms with Crippen molar-refractivity contribution in [2.75, 3.05) is 11.9 Å². The predicted molar refractivity (Wildman–Crippen MR) is 97.4 cm³/mol. The van der Waals surface area contributed by atoms with Gasteiger partial charge in [-0.15, -0.1) is 0 Å². The second-order valence-electron chi connectivity index (χ2n) is 5.50. The summed E-state index contributed by atoms with van der Waals surface area (Å²) in [5.74, 6) is 1.03. The summed E-state index contributed by atoms with van der Waals surface area (Å²) in [7, 11) is 2.10. The molecule has 1 aromatic heterocycles. The first-order valence-electron chi connectivity index (χ1n) is 7.51. The summed E-state index contributed by atoms with van der Waals surface area (Å²) in [5.41, 5.74) is 2.62. The van der Waals surface area contributed by atoms with E-state index in [1.165, 1.54) is 21.9 Å². The van der Waals surface area contributed by atoms with E-state index < -0.39 is 0 Å².